The molecular weight excluding hydrogens is 597 g/mol. The molecule has 0 bridgehead atoms. The molecule has 3 nitrogen and oxygen atoms in total. The molecule has 1 unspecified atom stereocenters. The maximum atomic E-state index is 12.5. The second-order valence-electron chi connectivity index (χ2n) is 14.8. The van der Waals surface area contributed by atoms with E-state index in [4.69, 9.17) is 0 Å². The minimum absolute atomic E-state index is 0.521. The van der Waals surface area contributed by atoms with Gasteiger partial charge in [-0.3, -0.25) is 4.55 Å². The number of hydrogen-bond acceptors (Lipinski definition) is 2. The second kappa shape index (κ2) is 32.3. The highest BCUT2D eigenvalue weighted by Gasteiger charge is 2.26. The number of hydrogen-bond donors (Lipinski definition) is 1. The predicted octanol–water partition coefficient (Wildman–Crippen LogP) is 15.1. The lowest BCUT2D eigenvalue weighted by atomic mass is 9.95. The lowest BCUT2D eigenvalue weighted by Gasteiger charge is -2.18. The van der Waals surface area contributed by atoms with Crippen LogP contribution in [-0.4, -0.2) is 13.0 Å². The van der Waals surface area contributed by atoms with Crippen LogP contribution in [0, 0.1) is 0 Å². The van der Waals surface area contributed by atoms with Crippen LogP contribution >= 0.6 is 0 Å². The van der Waals surface area contributed by atoms with Crippen LogP contribution in [0.4, 0.5) is 0 Å². The average molecular weight is 677 g/mol. The van der Waals surface area contributed by atoms with Crippen molar-refractivity contribution >= 4 is 10.1 Å². The van der Waals surface area contributed by atoms with Crippen LogP contribution in [0.1, 0.15) is 242 Å². The normalized spacial score (nSPS) is 12.6. The van der Waals surface area contributed by atoms with Crippen molar-refractivity contribution in [1.29, 1.82) is 0 Å². The molecule has 1 rings (SSSR count). The van der Waals surface area contributed by atoms with Gasteiger partial charge in [-0.2, -0.15) is 8.42 Å². The molecule has 0 spiro atoms. The fourth-order valence-electron chi connectivity index (χ4n) is 7.28. The molecule has 1 aromatic rings. The van der Waals surface area contributed by atoms with E-state index in [0.29, 0.717) is 6.42 Å². The lowest BCUT2D eigenvalue weighted by Crippen LogP contribution is -2.14. The summed E-state index contributed by atoms with van der Waals surface area (Å²) in [4.78, 5) is 0. The molecule has 0 saturated carbocycles. The summed E-state index contributed by atoms with van der Waals surface area (Å²) in [6.07, 6.45) is 44.0. The third-order valence-corrected chi connectivity index (χ3v) is 11.6. The SMILES string of the molecule is CCCCCCCCCCCCCCCCCCc1ccccc1C(CCCCCCCCCCCCCCCCCC)S(=O)(=O)O. The number of unbranched alkanes of at least 4 members (excludes halogenated alkanes) is 30. The summed E-state index contributed by atoms with van der Waals surface area (Å²) in [5.41, 5.74) is 1.94. The third kappa shape index (κ3) is 26.6. The lowest BCUT2D eigenvalue weighted by molar-refractivity contribution is 0.457. The van der Waals surface area contributed by atoms with Crippen molar-refractivity contribution in [3.8, 4) is 0 Å². The minimum atomic E-state index is -4.12. The zero-order valence-electron chi connectivity index (χ0n) is 31.6. The van der Waals surface area contributed by atoms with Gasteiger partial charge in [0, 0.05) is 0 Å². The second-order valence-corrected chi connectivity index (χ2v) is 16.4. The Kier molecular flexibility index (Phi) is 30.4. The highest BCUT2D eigenvalue weighted by atomic mass is 32.2. The molecule has 0 heterocycles. The Balaban J connectivity index is 2.14. The van der Waals surface area contributed by atoms with Gasteiger partial charge in [-0.1, -0.05) is 237 Å². The summed E-state index contributed by atoms with van der Waals surface area (Å²) < 4.78 is 35.1. The van der Waals surface area contributed by atoms with Gasteiger partial charge in [-0.25, -0.2) is 0 Å². The van der Waals surface area contributed by atoms with Gasteiger partial charge in [-0.15, -0.1) is 0 Å². The van der Waals surface area contributed by atoms with Crippen LogP contribution in [0.25, 0.3) is 0 Å². The van der Waals surface area contributed by atoms with Gasteiger partial charge in [0.2, 0.25) is 0 Å². The molecule has 0 aliphatic heterocycles. The summed E-state index contributed by atoms with van der Waals surface area (Å²) in [6.45, 7) is 4.56. The quantitative estimate of drug-likeness (QED) is 0.0568. The van der Waals surface area contributed by atoms with E-state index in [2.05, 4.69) is 19.9 Å². The Bertz CT molecular complexity index is 896. The Morgan fingerprint density at radius 2 is 0.745 bits per heavy atom. The van der Waals surface area contributed by atoms with Gasteiger partial charge in [0.1, 0.15) is 5.25 Å². The van der Waals surface area contributed by atoms with Gasteiger partial charge >= 0.3 is 0 Å². The number of benzene rings is 1. The topological polar surface area (TPSA) is 54.4 Å². The average Bonchev–Trinajstić information content (AvgIpc) is 3.06. The molecule has 4 heteroatoms. The molecule has 0 saturated heterocycles. The van der Waals surface area contributed by atoms with E-state index in [0.717, 1.165) is 43.2 Å². The first-order valence-corrected chi connectivity index (χ1v) is 22.5. The van der Waals surface area contributed by atoms with Crippen LogP contribution in [0.5, 0.6) is 0 Å². The monoisotopic (exact) mass is 677 g/mol. The molecule has 0 aliphatic rings. The largest absolute Gasteiger partial charge is 0.285 e. The molecule has 0 aromatic heterocycles. The highest BCUT2D eigenvalue weighted by Crippen LogP contribution is 2.31. The van der Waals surface area contributed by atoms with Gasteiger partial charge in [0.05, 0.1) is 0 Å². The molecule has 0 radical (unpaired) electrons. The molecule has 47 heavy (non-hydrogen) atoms. The molecule has 276 valence electrons. The predicted molar refractivity (Wildman–Crippen MR) is 208 cm³/mol. The first-order valence-electron chi connectivity index (χ1n) is 21.0. The van der Waals surface area contributed by atoms with Crippen molar-refractivity contribution < 1.29 is 13.0 Å². The van der Waals surface area contributed by atoms with Crippen molar-refractivity contribution in [2.45, 2.75) is 237 Å². The zero-order valence-corrected chi connectivity index (χ0v) is 32.4. The number of aryl methyl sites for hydroxylation is 1. The molecule has 1 N–H and O–H groups in total. The Morgan fingerprint density at radius 1 is 0.447 bits per heavy atom. The van der Waals surface area contributed by atoms with Gasteiger partial charge < -0.3 is 0 Å². The van der Waals surface area contributed by atoms with E-state index < -0.39 is 15.4 Å². The van der Waals surface area contributed by atoms with E-state index in [1.807, 2.05) is 18.2 Å². The first kappa shape index (κ1) is 44.2. The Morgan fingerprint density at radius 3 is 1.09 bits per heavy atom. The van der Waals surface area contributed by atoms with Crippen LogP contribution in [0.2, 0.25) is 0 Å². The van der Waals surface area contributed by atoms with E-state index >= 15 is 0 Å². The third-order valence-electron chi connectivity index (χ3n) is 10.4. The Labute approximate surface area is 295 Å². The molecular formula is C43H80O3S. The summed E-state index contributed by atoms with van der Waals surface area (Å²) >= 11 is 0. The van der Waals surface area contributed by atoms with Gasteiger partial charge in [-0.05, 0) is 30.4 Å². The summed E-state index contributed by atoms with van der Waals surface area (Å²) in [7, 11) is -4.12. The van der Waals surface area contributed by atoms with Crippen molar-refractivity contribution in [3.63, 3.8) is 0 Å². The Hall–Kier alpha value is -0.870. The van der Waals surface area contributed by atoms with Crippen LogP contribution in [0.15, 0.2) is 24.3 Å². The fraction of sp³-hybridized carbons (Fsp3) is 0.860. The summed E-state index contributed by atoms with van der Waals surface area (Å²) in [6, 6.07) is 7.96. The fourth-order valence-corrected chi connectivity index (χ4v) is 8.30. The maximum absolute atomic E-state index is 12.5. The van der Waals surface area contributed by atoms with Crippen molar-refractivity contribution in [1.82, 2.24) is 0 Å². The molecule has 0 amide bonds. The molecule has 1 aromatic carbocycles. The van der Waals surface area contributed by atoms with Crippen LogP contribution in [0.3, 0.4) is 0 Å². The van der Waals surface area contributed by atoms with Crippen LogP contribution in [-0.2, 0) is 16.5 Å². The minimum Gasteiger partial charge on any atom is -0.285 e. The van der Waals surface area contributed by atoms with E-state index in [-0.39, 0.29) is 0 Å². The van der Waals surface area contributed by atoms with Gasteiger partial charge in [0.25, 0.3) is 10.1 Å². The van der Waals surface area contributed by atoms with E-state index in [1.54, 1.807) is 0 Å². The van der Waals surface area contributed by atoms with Crippen molar-refractivity contribution in [2.24, 2.45) is 0 Å². The number of rotatable bonds is 36. The standard InChI is InChI=1S/C43H80O3S/c1-3-5-7-9-11-13-15-17-19-21-23-25-27-29-31-33-37-41-38-35-36-39-42(41)43(47(44,45)46)40-34-32-30-28-26-24-22-20-18-16-14-12-10-8-6-4-2/h35-36,38-39,43H,3-34,37,40H2,1-2H3,(H,44,45,46). The first-order chi connectivity index (χ1) is 23.0. The van der Waals surface area contributed by atoms with Crippen molar-refractivity contribution in [3.05, 3.63) is 35.4 Å². The van der Waals surface area contributed by atoms with E-state index in [1.165, 1.54) is 180 Å². The highest BCUT2D eigenvalue weighted by molar-refractivity contribution is 7.86. The van der Waals surface area contributed by atoms with Gasteiger partial charge in [0.15, 0.2) is 0 Å². The molecule has 0 fully saturated rings. The van der Waals surface area contributed by atoms with Crippen molar-refractivity contribution in [2.75, 3.05) is 0 Å². The summed E-state index contributed by atoms with van der Waals surface area (Å²) in [5, 5.41) is -0.786. The van der Waals surface area contributed by atoms with E-state index in [9.17, 15) is 13.0 Å². The van der Waals surface area contributed by atoms with Crippen LogP contribution < -0.4 is 0 Å². The molecule has 1 atom stereocenters. The summed E-state index contributed by atoms with van der Waals surface area (Å²) in [5.74, 6) is 0. The maximum Gasteiger partial charge on any atom is 0.271 e. The zero-order chi connectivity index (χ0) is 34.1. The molecule has 0 aliphatic carbocycles. The smallest absolute Gasteiger partial charge is 0.271 e.